The number of carbonyl (C=O) groups excluding carboxylic acids is 1. The molecular weight excluding hydrogens is 791 g/mol. The van der Waals surface area contributed by atoms with Crippen molar-refractivity contribution >= 4 is 56.1 Å². The maximum atomic E-state index is 12.8. The summed E-state index contributed by atoms with van der Waals surface area (Å²) in [5.74, 6) is 7.12. The zero-order valence-electron chi connectivity index (χ0n) is 26.3. The molecule has 47 heavy (non-hydrogen) atoms. The molecule has 1 aliphatic rings. The molecule has 0 bridgehead atoms. The molecule has 4 aromatic rings. The average Bonchev–Trinajstić information content (AvgIpc) is 3.04. The number of unbranched alkanes of at least 4 members (excludes halogenated alkanes) is 3. The summed E-state index contributed by atoms with van der Waals surface area (Å²) in [4.78, 5) is 12.8. The lowest BCUT2D eigenvalue weighted by molar-refractivity contribution is -0.150. The minimum atomic E-state index is -0.424. The van der Waals surface area contributed by atoms with E-state index in [0.29, 0.717) is 22.9 Å². The Morgan fingerprint density at radius 2 is 1.57 bits per heavy atom. The van der Waals surface area contributed by atoms with Gasteiger partial charge in [-0.3, -0.25) is 0 Å². The van der Waals surface area contributed by atoms with Crippen molar-refractivity contribution in [3.05, 3.63) is 115 Å². The van der Waals surface area contributed by atoms with Crippen LogP contribution in [0.2, 0.25) is 5.02 Å². The van der Waals surface area contributed by atoms with Gasteiger partial charge in [0.25, 0.3) is 0 Å². The maximum Gasteiger partial charge on any atom is 0.343 e. The van der Waals surface area contributed by atoms with Crippen molar-refractivity contribution in [1.82, 2.24) is 0 Å². The largest absolute Gasteiger partial charge is 0.494 e. The average molecular weight is 828 g/mol. The summed E-state index contributed by atoms with van der Waals surface area (Å²) in [6, 6.07) is 26.2. The molecule has 8 heteroatoms. The van der Waals surface area contributed by atoms with E-state index in [1.807, 2.05) is 48.5 Å². The SMILES string of the molecule is CCC1(COCCCCCCOc2ccc(C(=O)Oc3ccc(-c4ccc(C#Cc5cc(Br)cc(I)c5)c(Cl)c4)cc3)cc2)COC1. The van der Waals surface area contributed by atoms with Crippen LogP contribution in [0.1, 0.15) is 60.5 Å². The van der Waals surface area contributed by atoms with Gasteiger partial charge in [0.1, 0.15) is 11.5 Å². The van der Waals surface area contributed by atoms with Gasteiger partial charge in [0, 0.05) is 31.2 Å². The van der Waals surface area contributed by atoms with Gasteiger partial charge in [0.2, 0.25) is 0 Å². The third-order valence-electron chi connectivity index (χ3n) is 8.09. The zero-order chi connectivity index (χ0) is 33.1. The number of carbonyl (C=O) groups is 1. The highest BCUT2D eigenvalue weighted by Gasteiger charge is 2.36. The van der Waals surface area contributed by atoms with Gasteiger partial charge < -0.3 is 18.9 Å². The van der Waals surface area contributed by atoms with Crippen LogP contribution in [0.15, 0.2) is 89.4 Å². The Morgan fingerprint density at radius 3 is 2.23 bits per heavy atom. The van der Waals surface area contributed by atoms with Crippen LogP contribution in [0.5, 0.6) is 11.5 Å². The molecule has 0 aromatic heterocycles. The van der Waals surface area contributed by atoms with E-state index < -0.39 is 5.97 Å². The van der Waals surface area contributed by atoms with Gasteiger partial charge in [-0.1, -0.05) is 70.9 Å². The van der Waals surface area contributed by atoms with E-state index in [0.717, 1.165) is 94.6 Å². The van der Waals surface area contributed by atoms with Gasteiger partial charge in [-0.2, -0.15) is 0 Å². The molecule has 244 valence electrons. The summed E-state index contributed by atoms with van der Waals surface area (Å²) in [7, 11) is 0. The predicted octanol–water partition coefficient (Wildman–Crippen LogP) is 10.4. The predicted molar refractivity (Wildman–Crippen MR) is 199 cm³/mol. The van der Waals surface area contributed by atoms with Crippen molar-refractivity contribution in [2.45, 2.75) is 39.0 Å². The van der Waals surface area contributed by atoms with Gasteiger partial charge in [0.05, 0.1) is 37.0 Å². The van der Waals surface area contributed by atoms with Crippen molar-refractivity contribution < 1.29 is 23.7 Å². The Balaban J connectivity index is 1.03. The van der Waals surface area contributed by atoms with E-state index in [2.05, 4.69) is 57.3 Å². The fourth-order valence-electron chi connectivity index (χ4n) is 5.05. The molecule has 0 aliphatic carbocycles. The molecular formula is C39H37BrClIO5. The highest BCUT2D eigenvalue weighted by atomic mass is 127. The Bertz CT molecular complexity index is 1680. The van der Waals surface area contributed by atoms with Gasteiger partial charge in [-0.15, -0.1) is 0 Å². The summed E-state index contributed by atoms with van der Waals surface area (Å²) in [5.41, 5.74) is 4.28. The first-order chi connectivity index (χ1) is 22.8. The molecule has 1 aliphatic heterocycles. The third kappa shape index (κ3) is 10.6. The van der Waals surface area contributed by atoms with E-state index in [1.54, 1.807) is 36.4 Å². The Morgan fingerprint density at radius 1 is 0.872 bits per heavy atom. The highest BCUT2D eigenvalue weighted by Crippen LogP contribution is 2.31. The molecule has 0 unspecified atom stereocenters. The van der Waals surface area contributed by atoms with Crippen LogP contribution in [0, 0.1) is 20.8 Å². The van der Waals surface area contributed by atoms with Gasteiger partial charge >= 0.3 is 5.97 Å². The summed E-state index contributed by atoms with van der Waals surface area (Å²) in [6.45, 7) is 6.11. The fourth-order valence-corrected chi connectivity index (χ4v) is 6.87. The first-order valence-corrected chi connectivity index (χ1v) is 18.1. The molecule has 5 nitrogen and oxygen atoms in total. The molecule has 1 fully saturated rings. The van der Waals surface area contributed by atoms with E-state index in [9.17, 15) is 4.79 Å². The number of benzene rings is 4. The van der Waals surface area contributed by atoms with Crippen molar-refractivity contribution in [3.8, 4) is 34.5 Å². The summed E-state index contributed by atoms with van der Waals surface area (Å²) in [5, 5.41) is 0.573. The van der Waals surface area contributed by atoms with E-state index >= 15 is 0 Å². The topological polar surface area (TPSA) is 54.0 Å². The lowest BCUT2D eigenvalue weighted by Gasteiger charge is -2.40. The second-order valence-corrected chi connectivity index (χ2v) is 14.3. The molecule has 4 aromatic carbocycles. The second kappa shape index (κ2) is 17.5. The van der Waals surface area contributed by atoms with Gasteiger partial charge in [-0.05, 0) is 126 Å². The lowest BCUT2D eigenvalue weighted by atomic mass is 9.84. The number of hydrogen-bond donors (Lipinski definition) is 0. The zero-order valence-corrected chi connectivity index (χ0v) is 30.8. The summed E-state index contributed by atoms with van der Waals surface area (Å²) in [6.07, 6.45) is 5.36. The molecule has 0 saturated carbocycles. The van der Waals surface area contributed by atoms with Crippen molar-refractivity contribution in [1.29, 1.82) is 0 Å². The minimum absolute atomic E-state index is 0.258. The second-order valence-electron chi connectivity index (χ2n) is 11.7. The Kier molecular flexibility index (Phi) is 13.2. The number of esters is 1. The smallest absolute Gasteiger partial charge is 0.343 e. The van der Waals surface area contributed by atoms with Crippen LogP contribution in [0.4, 0.5) is 0 Å². The molecule has 0 atom stereocenters. The Labute approximate surface area is 304 Å². The standard InChI is InChI=1S/C39H37BrClIO5/c1-2-39(26-45-27-39)25-44-19-5-3-4-6-20-46-35-15-13-31(14-16-35)38(43)47-36-17-11-29(12-18-36)32-10-9-30(37(41)23-32)8-7-28-21-33(40)24-34(42)22-28/h9-18,21-24H,2-6,19-20,25-27H2,1H3. The quantitative estimate of drug-likeness (QED) is 0.0417. The minimum Gasteiger partial charge on any atom is -0.494 e. The fraction of sp³-hybridized carbons (Fsp3) is 0.308. The lowest BCUT2D eigenvalue weighted by Crippen LogP contribution is -2.45. The first kappa shape index (κ1) is 35.4. The van der Waals surface area contributed by atoms with Crippen LogP contribution in [0.25, 0.3) is 11.1 Å². The number of hydrogen-bond acceptors (Lipinski definition) is 5. The normalized spacial score (nSPS) is 13.3. The van der Waals surface area contributed by atoms with Gasteiger partial charge in [-0.25, -0.2) is 4.79 Å². The van der Waals surface area contributed by atoms with Crippen LogP contribution in [0.3, 0.4) is 0 Å². The van der Waals surface area contributed by atoms with E-state index in [-0.39, 0.29) is 5.41 Å². The Hall–Kier alpha value is -2.87. The highest BCUT2D eigenvalue weighted by molar-refractivity contribution is 14.1. The molecule has 0 radical (unpaired) electrons. The van der Waals surface area contributed by atoms with Crippen LogP contribution >= 0.6 is 50.1 Å². The number of ether oxygens (including phenoxy) is 4. The van der Waals surface area contributed by atoms with Crippen LogP contribution < -0.4 is 9.47 Å². The van der Waals surface area contributed by atoms with Crippen LogP contribution in [-0.2, 0) is 9.47 Å². The first-order valence-electron chi connectivity index (χ1n) is 15.8. The molecule has 0 amide bonds. The van der Waals surface area contributed by atoms with Crippen LogP contribution in [-0.4, -0.2) is 39.0 Å². The van der Waals surface area contributed by atoms with Crippen molar-refractivity contribution in [2.24, 2.45) is 5.41 Å². The van der Waals surface area contributed by atoms with Gasteiger partial charge in [0.15, 0.2) is 0 Å². The van der Waals surface area contributed by atoms with Crippen molar-refractivity contribution in [2.75, 3.05) is 33.0 Å². The molecule has 0 spiro atoms. The molecule has 5 rings (SSSR count). The molecule has 0 N–H and O–H groups in total. The number of rotatable bonds is 14. The monoisotopic (exact) mass is 826 g/mol. The molecule has 1 saturated heterocycles. The summed E-state index contributed by atoms with van der Waals surface area (Å²) < 4.78 is 24.8. The third-order valence-corrected chi connectivity index (χ3v) is 9.48. The maximum absolute atomic E-state index is 12.8. The number of halogens is 3. The summed E-state index contributed by atoms with van der Waals surface area (Å²) >= 11 is 12.4. The van der Waals surface area contributed by atoms with Crippen molar-refractivity contribution in [3.63, 3.8) is 0 Å². The van der Waals surface area contributed by atoms with E-state index in [4.69, 9.17) is 30.5 Å². The molecule has 1 heterocycles. The van der Waals surface area contributed by atoms with E-state index in [1.165, 1.54) is 0 Å².